The normalized spacial score (nSPS) is 21.7. The van der Waals surface area contributed by atoms with E-state index in [0.29, 0.717) is 5.92 Å². The minimum Gasteiger partial charge on any atom is -0.381 e. The second-order valence-corrected chi connectivity index (χ2v) is 3.35. The molecule has 1 unspecified atom stereocenters. The van der Waals surface area contributed by atoms with E-state index in [0.717, 1.165) is 31.5 Å². The minimum absolute atomic E-state index is 0.528. The average molecular weight is 176 g/mol. The van der Waals surface area contributed by atoms with Crippen LogP contribution in [0.15, 0.2) is 24.3 Å². The highest BCUT2D eigenvalue weighted by Gasteiger charge is 2.16. The fraction of sp³-hybridized carbons (Fsp3) is 0.364. The van der Waals surface area contributed by atoms with Crippen LogP contribution >= 0.6 is 0 Å². The lowest BCUT2D eigenvalue weighted by molar-refractivity contribution is 0.112. The van der Waals surface area contributed by atoms with E-state index >= 15 is 0 Å². The lowest BCUT2D eigenvalue weighted by atomic mass is 9.98. The smallest absolute Gasteiger partial charge is 0.150 e. The molecule has 0 amide bonds. The Kier molecular flexibility index (Phi) is 2.41. The molecule has 1 heterocycles. The third kappa shape index (κ3) is 1.78. The standard InChI is InChI=1S/C11H12O2/c12-7-9-1-3-10(4-2-9)11-5-6-13-8-11/h1-4,7,11H,5-6,8H2. The molecule has 0 bridgehead atoms. The van der Waals surface area contributed by atoms with Crippen molar-refractivity contribution in [2.24, 2.45) is 0 Å². The molecule has 0 saturated carbocycles. The van der Waals surface area contributed by atoms with Crippen molar-refractivity contribution in [3.8, 4) is 0 Å². The van der Waals surface area contributed by atoms with Gasteiger partial charge in [-0.15, -0.1) is 0 Å². The van der Waals surface area contributed by atoms with Gasteiger partial charge in [0.1, 0.15) is 6.29 Å². The van der Waals surface area contributed by atoms with Crippen molar-refractivity contribution in [1.82, 2.24) is 0 Å². The van der Waals surface area contributed by atoms with E-state index in [-0.39, 0.29) is 0 Å². The number of benzene rings is 1. The molecule has 1 aliphatic heterocycles. The maximum Gasteiger partial charge on any atom is 0.150 e. The number of aldehydes is 1. The summed E-state index contributed by atoms with van der Waals surface area (Å²) in [5.41, 5.74) is 2.02. The summed E-state index contributed by atoms with van der Waals surface area (Å²) >= 11 is 0. The Morgan fingerprint density at radius 3 is 2.62 bits per heavy atom. The van der Waals surface area contributed by atoms with Crippen molar-refractivity contribution in [1.29, 1.82) is 0 Å². The van der Waals surface area contributed by atoms with Crippen LogP contribution in [-0.2, 0) is 4.74 Å². The molecule has 13 heavy (non-hydrogen) atoms. The van der Waals surface area contributed by atoms with E-state index in [9.17, 15) is 4.79 Å². The van der Waals surface area contributed by atoms with Crippen LogP contribution in [0.5, 0.6) is 0 Å². The first-order valence-electron chi connectivity index (χ1n) is 4.53. The molecule has 2 nitrogen and oxygen atoms in total. The van der Waals surface area contributed by atoms with Gasteiger partial charge < -0.3 is 4.74 Å². The molecule has 1 aromatic rings. The molecule has 1 aliphatic rings. The molecule has 0 spiro atoms. The number of hydrogen-bond donors (Lipinski definition) is 0. The quantitative estimate of drug-likeness (QED) is 0.644. The van der Waals surface area contributed by atoms with Gasteiger partial charge in [0.2, 0.25) is 0 Å². The van der Waals surface area contributed by atoms with E-state index in [1.165, 1.54) is 5.56 Å². The number of ether oxygens (including phenoxy) is 1. The monoisotopic (exact) mass is 176 g/mol. The number of carbonyl (C=O) groups excluding carboxylic acids is 1. The summed E-state index contributed by atoms with van der Waals surface area (Å²) in [6.07, 6.45) is 1.97. The maximum absolute atomic E-state index is 10.4. The van der Waals surface area contributed by atoms with Gasteiger partial charge in [-0.05, 0) is 12.0 Å². The Hall–Kier alpha value is -1.15. The van der Waals surface area contributed by atoms with Crippen LogP contribution < -0.4 is 0 Å². The van der Waals surface area contributed by atoms with Gasteiger partial charge in [-0.25, -0.2) is 0 Å². The third-order valence-corrected chi connectivity index (χ3v) is 2.47. The number of hydrogen-bond acceptors (Lipinski definition) is 2. The zero-order valence-corrected chi connectivity index (χ0v) is 7.40. The van der Waals surface area contributed by atoms with Crippen molar-refractivity contribution in [3.63, 3.8) is 0 Å². The highest BCUT2D eigenvalue weighted by Crippen LogP contribution is 2.24. The summed E-state index contributed by atoms with van der Waals surface area (Å²) in [5.74, 6) is 0.528. The van der Waals surface area contributed by atoms with Crippen LogP contribution in [0.4, 0.5) is 0 Å². The number of carbonyl (C=O) groups is 1. The molecule has 1 saturated heterocycles. The molecular weight excluding hydrogens is 164 g/mol. The molecule has 1 fully saturated rings. The van der Waals surface area contributed by atoms with Gasteiger partial charge in [-0.3, -0.25) is 4.79 Å². The average Bonchev–Trinajstić information content (AvgIpc) is 2.71. The van der Waals surface area contributed by atoms with Crippen molar-refractivity contribution < 1.29 is 9.53 Å². The van der Waals surface area contributed by atoms with Crippen molar-refractivity contribution in [3.05, 3.63) is 35.4 Å². The first kappa shape index (κ1) is 8.45. The van der Waals surface area contributed by atoms with Gasteiger partial charge in [0.05, 0.1) is 6.61 Å². The predicted octanol–water partition coefficient (Wildman–Crippen LogP) is 2.00. The van der Waals surface area contributed by atoms with Crippen LogP contribution in [0.2, 0.25) is 0 Å². The summed E-state index contributed by atoms with van der Waals surface area (Å²) in [6.45, 7) is 1.68. The largest absolute Gasteiger partial charge is 0.381 e. The molecule has 2 rings (SSSR count). The maximum atomic E-state index is 10.4. The molecule has 2 heteroatoms. The van der Waals surface area contributed by atoms with E-state index < -0.39 is 0 Å². The molecule has 0 radical (unpaired) electrons. The zero-order valence-electron chi connectivity index (χ0n) is 7.40. The molecule has 0 N–H and O–H groups in total. The summed E-state index contributed by atoms with van der Waals surface area (Å²) in [7, 11) is 0. The van der Waals surface area contributed by atoms with Crippen LogP contribution in [0.3, 0.4) is 0 Å². The Morgan fingerprint density at radius 2 is 2.08 bits per heavy atom. The van der Waals surface area contributed by atoms with Crippen molar-refractivity contribution in [2.75, 3.05) is 13.2 Å². The summed E-state index contributed by atoms with van der Waals surface area (Å²) in [6, 6.07) is 7.76. The third-order valence-electron chi connectivity index (χ3n) is 2.47. The number of rotatable bonds is 2. The minimum atomic E-state index is 0.528. The molecule has 0 aliphatic carbocycles. The fourth-order valence-electron chi connectivity index (χ4n) is 1.64. The van der Waals surface area contributed by atoms with Gasteiger partial charge in [-0.1, -0.05) is 24.3 Å². The fourth-order valence-corrected chi connectivity index (χ4v) is 1.64. The van der Waals surface area contributed by atoms with Crippen molar-refractivity contribution in [2.45, 2.75) is 12.3 Å². The van der Waals surface area contributed by atoms with Gasteiger partial charge in [0.15, 0.2) is 0 Å². The topological polar surface area (TPSA) is 26.3 Å². The van der Waals surface area contributed by atoms with Gasteiger partial charge in [0, 0.05) is 18.1 Å². The van der Waals surface area contributed by atoms with E-state index in [1.54, 1.807) is 0 Å². The molecular formula is C11H12O2. The van der Waals surface area contributed by atoms with Crippen molar-refractivity contribution >= 4 is 6.29 Å². The molecule has 1 atom stereocenters. The van der Waals surface area contributed by atoms with Gasteiger partial charge in [0.25, 0.3) is 0 Å². The van der Waals surface area contributed by atoms with Crippen LogP contribution in [-0.4, -0.2) is 19.5 Å². The lowest BCUT2D eigenvalue weighted by Gasteiger charge is -2.06. The Balaban J connectivity index is 2.16. The van der Waals surface area contributed by atoms with E-state index in [1.807, 2.05) is 24.3 Å². The Bertz CT molecular complexity index is 283. The van der Waals surface area contributed by atoms with Crippen LogP contribution in [0.25, 0.3) is 0 Å². The summed E-state index contributed by atoms with van der Waals surface area (Å²) in [4.78, 5) is 10.4. The van der Waals surface area contributed by atoms with E-state index in [2.05, 4.69) is 0 Å². The Labute approximate surface area is 77.5 Å². The first-order valence-corrected chi connectivity index (χ1v) is 4.53. The van der Waals surface area contributed by atoms with Crippen LogP contribution in [0, 0.1) is 0 Å². The molecule has 68 valence electrons. The molecule has 0 aromatic heterocycles. The second kappa shape index (κ2) is 3.71. The second-order valence-electron chi connectivity index (χ2n) is 3.35. The van der Waals surface area contributed by atoms with Crippen LogP contribution in [0.1, 0.15) is 28.3 Å². The highest BCUT2D eigenvalue weighted by atomic mass is 16.5. The predicted molar refractivity (Wildman–Crippen MR) is 50.0 cm³/mol. The SMILES string of the molecule is O=Cc1ccc(C2CCOC2)cc1. The van der Waals surface area contributed by atoms with Gasteiger partial charge >= 0.3 is 0 Å². The molecule has 1 aromatic carbocycles. The highest BCUT2D eigenvalue weighted by molar-refractivity contribution is 5.74. The lowest BCUT2D eigenvalue weighted by Crippen LogP contribution is -1.97. The van der Waals surface area contributed by atoms with Gasteiger partial charge in [-0.2, -0.15) is 0 Å². The Morgan fingerprint density at radius 1 is 1.31 bits per heavy atom. The van der Waals surface area contributed by atoms with E-state index in [4.69, 9.17) is 4.74 Å². The zero-order chi connectivity index (χ0) is 9.10. The summed E-state index contributed by atoms with van der Waals surface area (Å²) < 4.78 is 5.30. The first-order chi connectivity index (χ1) is 6.40. The summed E-state index contributed by atoms with van der Waals surface area (Å²) in [5, 5.41) is 0.